The number of rotatable bonds is 4. The molecule has 2 amide bonds. The first-order chi connectivity index (χ1) is 12.1. The van der Waals surface area contributed by atoms with Gasteiger partial charge in [-0.3, -0.25) is 4.79 Å². The van der Waals surface area contributed by atoms with Gasteiger partial charge in [0.25, 0.3) is 0 Å². The number of aromatic amines is 1. The zero-order chi connectivity index (χ0) is 17.8. The van der Waals surface area contributed by atoms with E-state index in [0.717, 1.165) is 12.8 Å². The summed E-state index contributed by atoms with van der Waals surface area (Å²) in [5.41, 5.74) is 1.34. The maximum atomic E-state index is 13.2. The first-order valence-corrected chi connectivity index (χ1v) is 8.31. The fourth-order valence-corrected chi connectivity index (χ4v) is 3.09. The van der Waals surface area contributed by atoms with Crippen LogP contribution in [0, 0.1) is 11.7 Å². The number of benzene rings is 1. The first-order valence-electron chi connectivity index (χ1n) is 8.31. The highest BCUT2D eigenvalue weighted by Crippen LogP contribution is 2.17. The Kier molecular flexibility index (Phi) is 5.16. The summed E-state index contributed by atoms with van der Waals surface area (Å²) in [7, 11) is 1.34. The predicted octanol–water partition coefficient (Wildman–Crippen LogP) is 1.84. The van der Waals surface area contributed by atoms with Crippen LogP contribution in [0.5, 0.6) is 0 Å². The number of hydrogen-bond donors (Lipinski definition) is 2. The second-order valence-corrected chi connectivity index (χ2v) is 6.14. The van der Waals surface area contributed by atoms with Crippen molar-refractivity contribution >= 4 is 23.0 Å². The number of piperidine rings is 1. The Bertz CT molecular complexity index is 776. The zero-order valence-electron chi connectivity index (χ0n) is 14.0. The molecule has 0 unspecified atom stereocenters. The molecule has 2 aromatic rings. The Hall–Kier alpha value is -2.64. The summed E-state index contributed by atoms with van der Waals surface area (Å²) in [6.07, 6.45) is 1.66. The van der Waals surface area contributed by atoms with Crippen LogP contribution in [-0.4, -0.2) is 53.6 Å². The number of nitrogens with zero attached hydrogens (tertiary/aromatic N) is 2. The number of ether oxygens (including phenoxy) is 1. The Morgan fingerprint density at radius 2 is 2.32 bits per heavy atom. The number of amides is 2. The molecular weight excluding hydrogens is 327 g/mol. The SMILES string of the molecule is COC(=O)N1CCC[C@@H](C(=O)NCCc2nc3ccc(F)cc3[nH]2)C1. The Balaban J connectivity index is 1.50. The molecular formula is C17H21FN4O3. The number of methoxy groups -OCH3 is 1. The molecule has 2 N–H and O–H groups in total. The predicted molar refractivity (Wildman–Crippen MR) is 89.5 cm³/mol. The molecule has 1 saturated heterocycles. The van der Waals surface area contributed by atoms with Crippen LogP contribution in [0.1, 0.15) is 18.7 Å². The number of H-pyrrole nitrogens is 1. The van der Waals surface area contributed by atoms with Gasteiger partial charge in [-0.15, -0.1) is 0 Å². The molecule has 1 atom stereocenters. The Labute approximate surface area is 144 Å². The van der Waals surface area contributed by atoms with Crippen LogP contribution < -0.4 is 5.32 Å². The summed E-state index contributed by atoms with van der Waals surface area (Å²) in [5, 5.41) is 2.88. The van der Waals surface area contributed by atoms with Crippen LogP contribution in [0.2, 0.25) is 0 Å². The van der Waals surface area contributed by atoms with Gasteiger partial charge in [0.2, 0.25) is 5.91 Å². The van der Waals surface area contributed by atoms with Crippen molar-refractivity contribution < 1.29 is 18.7 Å². The van der Waals surface area contributed by atoms with Crippen molar-refractivity contribution in [2.24, 2.45) is 5.92 Å². The standard InChI is InChI=1S/C17H21FN4O3/c1-25-17(24)22-8-2-3-11(10-22)16(23)19-7-6-15-20-13-5-4-12(18)9-14(13)21-15/h4-5,9,11H,2-3,6-8,10H2,1H3,(H,19,23)(H,20,21)/t11-/m1/s1. The first kappa shape index (κ1) is 17.2. The third kappa shape index (κ3) is 4.07. The number of carbonyl (C=O) groups is 2. The van der Waals surface area contributed by atoms with Crippen molar-refractivity contribution in [1.82, 2.24) is 20.2 Å². The largest absolute Gasteiger partial charge is 0.453 e. The van der Waals surface area contributed by atoms with Gasteiger partial charge in [-0.25, -0.2) is 14.2 Å². The Morgan fingerprint density at radius 1 is 1.48 bits per heavy atom. The van der Waals surface area contributed by atoms with E-state index in [1.165, 1.54) is 19.2 Å². The molecule has 0 saturated carbocycles. The molecule has 1 aliphatic rings. The lowest BCUT2D eigenvalue weighted by Gasteiger charge is -2.30. The monoisotopic (exact) mass is 348 g/mol. The van der Waals surface area contributed by atoms with Gasteiger partial charge in [-0.05, 0) is 31.0 Å². The molecule has 8 heteroatoms. The molecule has 3 rings (SSSR count). The average Bonchev–Trinajstić information content (AvgIpc) is 3.02. The van der Waals surface area contributed by atoms with Gasteiger partial charge in [0.05, 0.1) is 24.1 Å². The van der Waals surface area contributed by atoms with Crippen molar-refractivity contribution in [3.05, 3.63) is 29.8 Å². The lowest BCUT2D eigenvalue weighted by Crippen LogP contribution is -2.45. The number of carbonyl (C=O) groups excluding carboxylic acids is 2. The number of aromatic nitrogens is 2. The van der Waals surface area contributed by atoms with Crippen molar-refractivity contribution in [3.8, 4) is 0 Å². The van der Waals surface area contributed by atoms with E-state index >= 15 is 0 Å². The summed E-state index contributed by atoms with van der Waals surface area (Å²) in [6.45, 7) is 1.42. The van der Waals surface area contributed by atoms with E-state index in [1.54, 1.807) is 11.0 Å². The van der Waals surface area contributed by atoms with E-state index in [1.807, 2.05) is 0 Å². The number of likely N-dealkylation sites (tertiary alicyclic amines) is 1. The average molecular weight is 348 g/mol. The van der Waals surface area contributed by atoms with Crippen molar-refractivity contribution in [1.29, 1.82) is 0 Å². The molecule has 25 heavy (non-hydrogen) atoms. The molecule has 2 heterocycles. The highest BCUT2D eigenvalue weighted by atomic mass is 19.1. The number of nitrogens with one attached hydrogen (secondary N) is 2. The normalized spacial score (nSPS) is 17.5. The van der Waals surface area contributed by atoms with Crippen LogP contribution in [0.3, 0.4) is 0 Å². The summed E-state index contributed by atoms with van der Waals surface area (Å²) in [4.78, 5) is 32.8. The van der Waals surface area contributed by atoms with Gasteiger partial charge in [0.1, 0.15) is 11.6 Å². The lowest BCUT2D eigenvalue weighted by molar-refractivity contribution is -0.126. The molecule has 0 radical (unpaired) electrons. The lowest BCUT2D eigenvalue weighted by atomic mass is 9.97. The summed E-state index contributed by atoms with van der Waals surface area (Å²) in [5.74, 6) is 0.0811. The van der Waals surface area contributed by atoms with Crippen LogP contribution in [0.15, 0.2) is 18.2 Å². The molecule has 1 aromatic heterocycles. The van der Waals surface area contributed by atoms with Gasteiger partial charge >= 0.3 is 6.09 Å². The van der Waals surface area contributed by atoms with E-state index in [9.17, 15) is 14.0 Å². The summed E-state index contributed by atoms with van der Waals surface area (Å²) >= 11 is 0. The van der Waals surface area contributed by atoms with E-state index in [4.69, 9.17) is 4.74 Å². The van der Waals surface area contributed by atoms with E-state index < -0.39 is 6.09 Å². The van der Waals surface area contributed by atoms with Gasteiger partial charge in [0.15, 0.2) is 0 Å². The van der Waals surface area contributed by atoms with E-state index in [2.05, 4.69) is 15.3 Å². The molecule has 1 fully saturated rings. The van der Waals surface area contributed by atoms with E-state index in [-0.39, 0.29) is 17.6 Å². The minimum Gasteiger partial charge on any atom is -0.453 e. The third-order valence-corrected chi connectivity index (χ3v) is 4.38. The maximum Gasteiger partial charge on any atom is 0.409 e. The fourth-order valence-electron chi connectivity index (χ4n) is 3.09. The Morgan fingerprint density at radius 3 is 3.12 bits per heavy atom. The van der Waals surface area contributed by atoms with Gasteiger partial charge < -0.3 is 19.9 Å². The topological polar surface area (TPSA) is 87.3 Å². The zero-order valence-corrected chi connectivity index (χ0v) is 14.0. The number of hydrogen-bond acceptors (Lipinski definition) is 4. The third-order valence-electron chi connectivity index (χ3n) is 4.38. The second-order valence-electron chi connectivity index (χ2n) is 6.14. The summed E-state index contributed by atoms with van der Waals surface area (Å²) in [6, 6.07) is 4.38. The fraction of sp³-hybridized carbons (Fsp3) is 0.471. The summed E-state index contributed by atoms with van der Waals surface area (Å²) < 4.78 is 17.9. The smallest absolute Gasteiger partial charge is 0.409 e. The molecule has 7 nitrogen and oxygen atoms in total. The van der Waals surface area contributed by atoms with Crippen LogP contribution >= 0.6 is 0 Å². The van der Waals surface area contributed by atoms with Gasteiger partial charge in [-0.2, -0.15) is 0 Å². The van der Waals surface area contributed by atoms with E-state index in [0.29, 0.717) is 42.9 Å². The highest BCUT2D eigenvalue weighted by Gasteiger charge is 2.28. The molecule has 134 valence electrons. The molecule has 0 bridgehead atoms. The molecule has 1 aromatic carbocycles. The minimum absolute atomic E-state index is 0.0734. The highest BCUT2D eigenvalue weighted by molar-refractivity contribution is 5.80. The minimum atomic E-state index is -0.396. The van der Waals surface area contributed by atoms with Crippen LogP contribution in [0.25, 0.3) is 11.0 Å². The van der Waals surface area contributed by atoms with Crippen LogP contribution in [-0.2, 0) is 16.0 Å². The number of fused-ring (bicyclic) bond motifs is 1. The molecule has 0 spiro atoms. The van der Waals surface area contributed by atoms with Crippen molar-refractivity contribution in [2.75, 3.05) is 26.7 Å². The van der Waals surface area contributed by atoms with Crippen molar-refractivity contribution in [2.45, 2.75) is 19.3 Å². The number of imidazole rings is 1. The second kappa shape index (κ2) is 7.50. The van der Waals surface area contributed by atoms with Gasteiger partial charge in [0, 0.05) is 26.1 Å². The maximum absolute atomic E-state index is 13.2. The number of halogens is 1. The molecule has 1 aliphatic heterocycles. The quantitative estimate of drug-likeness (QED) is 0.883. The van der Waals surface area contributed by atoms with Crippen molar-refractivity contribution in [3.63, 3.8) is 0 Å². The van der Waals surface area contributed by atoms with Crippen LogP contribution in [0.4, 0.5) is 9.18 Å². The molecule has 0 aliphatic carbocycles. The van der Waals surface area contributed by atoms with Gasteiger partial charge in [-0.1, -0.05) is 0 Å².